The van der Waals surface area contributed by atoms with E-state index in [0.717, 1.165) is 16.2 Å². The van der Waals surface area contributed by atoms with E-state index in [1.165, 1.54) is 0 Å². The zero-order chi connectivity index (χ0) is 16.6. The summed E-state index contributed by atoms with van der Waals surface area (Å²) in [5, 5.41) is 2.63. The minimum absolute atomic E-state index is 0.175. The first-order chi connectivity index (χ1) is 11.6. The van der Waals surface area contributed by atoms with E-state index >= 15 is 0 Å². The summed E-state index contributed by atoms with van der Waals surface area (Å²) in [5.41, 5.74) is 1.02. The van der Waals surface area contributed by atoms with Crippen LogP contribution < -0.4 is 4.72 Å². The molecule has 0 saturated heterocycles. The minimum Gasteiger partial charge on any atom is -0.279 e. The van der Waals surface area contributed by atoms with Gasteiger partial charge in [0, 0.05) is 17.0 Å². The van der Waals surface area contributed by atoms with Gasteiger partial charge < -0.3 is 0 Å². The number of nitrogens with zero attached hydrogens (tertiary/aromatic N) is 1. The Morgan fingerprint density at radius 2 is 1.46 bits per heavy atom. The van der Waals surface area contributed by atoms with Gasteiger partial charge >= 0.3 is 0 Å². The highest BCUT2D eigenvalue weighted by Crippen LogP contribution is 2.27. The lowest BCUT2D eigenvalue weighted by molar-refractivity contribution is 0.602. The summed E-state index contributed by atoms with van der Waals surface area (Å²) in [7, 11) is -3.74. The largest absolute Gasteiger partial charge is 0.279 e. The molecule has 0 unspecified atom stereocenters. The highest BCUT2D eigenvalue weighted by molar-refractivity contribution is 7.93. The SMILES string of the molecule is O=S(=O)(Nc1cccc2ccccc12)c1cccc2cccnc12. The number of para-hydroxylation sites is 1. The van der Waals surface area contributed by atoms with Crippen molar-refractivity contribution < 1.29 is 8.42 Å². The predicted octanol–water partition coefficient (Wildman–Crippen LogP) is 4.19. The highest BCUT2D eigenvalue weighted by atomic mass is 32.2. The fourth-order valence-corrected chi connectivity index (χ4v) is 4.07. The molecule has 24 heavy (non-hydrogen) atoms. The Hall–Kier alpha value is -2.92. The zero-order valence-electron chi connectivity index (χ0n) is 12.7. The average Bonchev–Trinajstić information content (AvgIpc) is 2.61. The van der Waals surface area contributed by atoms with Crippen LogP contribution in [0, 0.1) is 0 Å². The normalized spacial score (nSPS) is 11.7. The Morgan fingerprint density at radius 3 is 2.38 bits per heavy atom. The van der Waals surface area contributed by atoms with Gasteiger partial charge in [0.25, 0.3) is 10.0 Å². The second kappa shape index (κ2) is 5.62. The van der Waals surface area contributed by atoms with Crippen molar-refractivity contribution in [3.05, 3.63) is 79.0 Å². The van der Waals surface area contributed by atoms with Crippen LogP contribution in [0.15, 0.2) is 83.9 Å². The van der Waals surface area contributed by atoms with E-state index in [1.807, 2.05) is 48.5 Å². The van der Waals surface area contributed by atoms with Crippen LogP contribution in [0.1, 0.15) is 0 Å². The number of sulfonamides is 1. The van der Waals surface area contributed by atoms with Gasteiger partial charge in [-0.25, -0.2) is 8.42 Å². The molecule has 0 bridgehead atoms. The van der Waals surface area contributed by atoms with E-state index in [-0.39, 0.29) is 4.90 Å². The Labute approximate surface area is 139 Å². The Morgan fingerprint density at radius 1 is 0.750 bits per heavy atom. The van der Waals surface area contributed by atoms with Gasteiger partial charge in [-0.15, -0.1) is 0 Å². The summed E-state index contributed by atoms with van der Waals surface area (Å²) in [4.78, 5) is 4.41. The summed E-state index contributed by atoms with van der Waals surface area (Å²) in [5.74, 6) is 0. The lowest BCUT2D eigenvalue weighted by atomic mass is 10.1. The number of pyridine rings is 1. The number of aromatic nitrogens is 1. The second-order valence-corrected chi connectivity index (χ2v) is 7.11. The molecule has 3 aromatic carbocycles. The molecule has 4 aromatic rings. The highest BCUT2D eigenvalue weighted by Gasteiger charge is 2.19. The van der Waals surface area contributed by atoms with Gasteiger partial charge in [0.1, 0.15) is 4.90 Å². The number of fused-ring (bicyclic) bond motifs is 2. The zero-order valence-corrected chi connectivity index (χ0v) is 13.5. The van der Waals surface area contributed by atoms with Crippen molar-refractivity contribution in [2.75, 3.05) is 4.72 Å². The third-order valence-corrected chi connectivity index (χ3v) is 5.32. The lowest BCUT2D eigenvalue weighted by Gasteiger charge is -2.12. The monoisotopic (exact) mass is 334 g/mol. The van der Waals surface area contributed by atoms with Crippen molar-refractivity contribution in [3.63, 3.8) is 0 Å². The molecule has 0 spiro atoms. The number of hydrogen-bond donors (Lipinski definition) is 1. The predicted molar refractivity (Wildman–Crippen MR) is 96.5 cm³/mol. The fraction of sp³-hybridized carbons (Fsp3) is 0. The van der Waals surface area contributed by atoms with E-state index in [1.54, 1.807) is 30.5 Å². The average molecular weight is 334 g/mol. The molecule has 0 radical (unpaired) electrons. The van der Waals surface area contributed by atoms with E-state index in [0.29, 0.717) is 11.2 Å². The fourth-order valence-electron chi connectivity index (χ4n) is 2.81. The van der Waals surface area contributed by atoms with Crippen LogP contribution in [0.3, 0.4) is 0 Å². The molecular formula is C19H14N2O2S. The summed E-state index contributed by atoms with van der Waals surface area (Å²) in [6.07, 6.45) is 1.60. The number of anilines is 1. The molecule has 4 rings (SSSR count). The minimum atomic E-state index is -3.74. The molecule has 0 aliphatic heterocycles. The molecule has 1 aromatic heterocycles. The first-order valence-electron chi connectivity index (χ1n) is 7.49. The molecule has 0 aliphatic rings. The maximum atomic E-state index is 12.9. The number of nitrogens with one attached hydrogen (secondary N) is 1. The van der Waals surface area contributed by atoms with Gasteiger partial charge in [-0.3, -0.25) is 9.71 Å². The summed E-state index contributed by atoms with van der Waals surface area (Å²) in [6, 6.07) is 22.0. The maximum Gasteiger partial charge on any atom is 0.264 e. The topological polar surface area (TPSA) is 59.1 Å². The van der Waals surface area contributed by atoms with Crippen LogP contribution in [0.2, 0.25) is 0 Å². The first kappa shape index (κ1) is 14.7. The van der Waals surface area contributed by atoms with Gasteiger partial charge in [-0.05, 0) is 23.6 Å². The van der Waals surface area contributed by atoms with Gasteiger partial charge in [-0.1, -0.05) is 54.6 Å². The molecule has 1 heterocycles. The lowest BCUT2D eigenvalue weighted by Crippen LogP contribution is -2.14. The Balaban J connectivity index is 1.86. The molecule has 0 fully saturated rings. The van der Waals surface area contributed by atoms with Crippen LogP contribution in [0.4, 0.5) is 5.69 Å². The molecule has 0 saturated carbocycles. The van der Waals surface area contributed by atoms with E-state index < -0.39 is 10.0 Å². The summed E-state index contributed by atoms with van der Waals surface area (Å²) >= 11 is 0. The second-order valence-electron chi connectivity index (χ2n) is 5.46. The molecule has 118 valence electrons. The van der Waals surface area contributed by atoms with Crippen molar-refractivity contribution in [2.24, 2.45) is 0 Å². The van der Waals surface area contributed by atoms with Crippen molar-refractivity contribution in [1.82, 2.24) is 4.98 Å². The molecular weight excluding hydrogens is 320 g/mol. The van der Waals surface area contributed by atoms with Crippen LogP contribution >= 0.6 is 0 Å². The number of benzene rings is 3. The van der Waals surface area contributed by atoms with Crippen molar-refractivity contribution in [1.29, 1.82) is 0 Å². The van der Waals surface area contributed by atoms with Crippen molar-refractivity contribution in [2.45, 2.75) is 4.90 Å². The Bertz CT molecular complexity index is 1140. The van der Waals surface area contributed by atoms with Gasteiger partial charge in [0.05, 0.1) is 11.2 Å². The Kier molecular flexibility index (Phi) is 3.43. The van der Waals surface area contributed by atoms with Gasteiger partial charge in [-0.2, -0.15) is 0 Å². The van der Waals surface area contributed by atoms with E-state index in [2.05, 4.69) is 9.71 Å². The van der Waals surface area contributed by atoms with Crippen LogP contribution in [-0.2, 0) is 10.0 Å². The van der Waals surface area contributed by atoms with Gasteiger partial charge in [0.2, 0.25) is 0 Å². The molecule has 0 amide bonds. The van der Waals surface area contributed by atoms with E-state index in [4.69, 9.17) is 0 Å². The van der Waals surface area contributed by atoms with Crippen LogP contribution in [0.5, 0.6) is 0 Å². The number of hydrogen-bond acceptors (Lipinski definition) is 3. The molecule has 1 N–H and O–H groups in total. The maximum absolute atomic E-state index is 12.9. The third-order valence-electron chi connectivity index (χ3n) is 3.92. The van der Waals surface area contributed by atoms with Gasteiger partial charge in [0.15, 0.2) is 0 Å². The quantitative estimate of drug-likeness (QED) is 0.611. The van der Waals surface area contributed by atoms with Crippen LogP contribution in [-0.4, -0.2) is 13.4 Å². The molecule has 0 atom stereocenters. The molecule has 4 nitrogen and oxygen atoms in total. The molecule has 5 heteroatoms. The summed E-state index contributed by atoms with van der Waals surface area (Å²) < 4.78 is 28.5. The van der Waals surface area contributed by atoms with Crippen molar-refractivity contribution in [3.8, 4) is 0 Å². The molecule has 0 aliphatic carbocycles. The number of rotatable bonds is 3. The van der Waals surface area contributed by atoms with Crippen LogP contribution in [0.25, 0.3) is 21.7 Å². The van der Waals surface area contributed by atoms with Crippen molar-refractivity contribution >= 4 is 37.4 Å². The third kappa shape index (κ3) is 2.49. The van der Waals surface area contributed by atoms with E-state index in [9.17, 15) is 8.42 Å². The first-order valence-corrected chi connectivity index (χ1v) is 8.98. The smallest absolute Gasteiger partial charge is 0.264 e. The standard InChI is InChI=1S/C19H14N2O2S/c22-24(23,18-12-4-8-15-9-5-13-20-19(15)18)21-17-11-3-7-14-6-1-2-10-16(14)17/h1-13,21H. The summed E-state index contributed by atoms with van der Waals surface area (Å²) in [6.45, 7) is 0.